The Balaban J connectivity index is 0.000000312. The first-order chi connectivity index (χ1) is 15.4. The number of benzene rings is 2. The van der Waals surface area contributed by atoms with Gasteiger partial charge in [0.1, 0.15) is 0 Å². The molecule has 0 aliphatic carbocycles. The fourth-order valence-corrected chi connectivity index (χ4v) is 4.97. The molecular weight excluding hydrogens is 426 g/mol. The molecule has 0 spiro atoms. The lowest BCUT2D eigenvalue weighted by molar-refractivity contribution is -0.134. The lowest BCUT2D eigenvalue weighted by Crippen LogP contribution is -2.27. The van der Waals surface area contributed by atoms with E-state index in [-0.39, 0.29) is 0 Å². The average Bonchev–Trinajstić information content (AvgIpc) is 2.94. The molecule has 2 aromatic rings. The molecule has 4 rings (SSSR count). The largest absolute Gasteiger partial charge is 0.478 e. The second-order valence-electron chi connectivity index (χ2n) is 7.85. The summed E-state index contributed by atoms with van der Waals surface area (Å²) in [7, 11) is 4.31. The van der Waals surface area contributed by atoms with Crippen molar-refractivity contribution in [3.63, 3.8) is 0 Å². The summed E-state index contributed by atoms with van der Waals surface area (Å²) in [6.45, 7) is 4.53. The third-order valence-electron chi connectivity index (χ3n) is 5.18. The van der Waals surface area contributed by atoms with Gasteiger partial charge < -0.3 is 24.9 Å². The molecule has 0 unspecified atom stereocenters. The maximum absolute atomic E-state index is 9.55. The summed E-state index contributed by atoms with van der Waals surface area (Å²) in [5.41, 5.74) is 4.20. The minimum atomic E-state index is -1.26. The van der Waals surface area contributed by atoms with Crippen LogP contribution < -0.4 is 9.80 Å². The van der Waals surface area contributed by atoms with E-state index in [2.05, 4.69) is 71.3 Å². The SMILES string of the molecule is CN(C)CCCN1CCCN2c3ccccc3Sc3cccc1c32.O=C(O)/C=C/C(=O)O. The lowest BCUT2D eigenvalue weighted by Gasteiger charge is -2.34. The highest BCUT2D eigenvalue weighted by Crippen LogP contribution is 2.52. The molecule has 170 valence electrons. The van der Waals surface area contributed by atoms with Crippen molar-refractivity contribution in [2.24, 2.45) is 0 Å². The van der Waals surface area contributed by atoms with Crippen LogP contribution in [0.5, 0.6) is 0 Å². The van der Waals surface area contributed by atoms with Gasteiger partial charge in [0.2, 0.25) is 0 Å². The van der Waals surface area contributed by atoms with Crippen molar-refractivity contribution in [3.8, 4) is 0 Å². The maximum atomic E-state index is 9.55. The van der Waals surface area contributed by atoms with Gasteiger partial charge in [0.05, 0.1) is 17.1 Å². The summed E-state index contributed by atoms with van der Waals surface area (Å²) in [6, 6.07) is 15.6. The van der Waals surface area contributed by atoms with Gasteiger partial charge in [0.15, 0.2) is 0 Å². The van der Waals surface area contributed by atoms with E-state index in [1.165, 1.54) is 39.7 Å². The molecule has 2 aliphatic heterocycles. The van der Waals surface area contributed by atoms with E-state index >= 15 is 0 Å². The van der Waals surface area contributed by atoms with E-state index in [0.717, 1.165) is 26.2 Å². The molecule has 2 aliphatic rings. The predicted molar refractivity (Wildman–Crippen MR) is 128 cm³/mol. The Bertz CT molecular complexity index is 977. The van der Waals surface area contributed by atoms with Crippen LogP contribution in [0.3, 0.4) is 0 Å². The predicted octanol–water partition coefficient (Wildman–Crippen LogP) is 4.16. The van der Waals surface area contributed by atoms with Crippen molar-refractivity contribution < 1.29 is 19.8 Å². The summed E-state index contributed by atoms with van der Waals surface area (Å²) < 4.78 is 0. The summed E-state index contributed by atoms with van der Waals surface area (Å²) >= 11 is 1.91. The number of para-hydroxylation sites is 2. The first-order valence-electron chi connectivity index (χ1n) is 10.6. The number of hydrogen-bond acceptors (Lipinski definition) is 6. The molecule has 0 bridgehead atoms. The Morgan fingerprint density at radius 2 is 1.62 bits per heavy atom. The number of carbonyl (C=O) groups is 2. The highest BCUT2D eigenvalue weighted by Gasteiger charge is 2.29. The minimum Gasteiger partial charge on any atom is -0.478 e. The molecule has 0 saturated heterocycles. The van der Waals surface area contributed by atoms with E-state index in [0.29, 0.717) is 12.2 Å². The number of rotatable bonds is 6. The first-order valence-corrected chi connectivity index (χ1v) is 11.4. The molecule has 0 amide bonds. The molecule has 7 nitrogen and oxygen atoms in total. The summed E-state index contributed by atoms with van der Waals surface area (Å²) in [5, 5.41) is 15.6. The van der Waals surface area contributed by atoms with Crippen molar-refractivity contribution in [3.05, 3.63) is 54.6 Å². The Morgan fingerprint density at radius 3 is 2.31 bits per heavy atom. The molecule has 8 heteroatoms. The van der Waals surface area contributed by atoms with Crippen molar-refractivity contribution in [2.45, 2.75) is 22.6 Å². The standard InChI is InChI=1S/C20H25N3S.C4H4O4/c1-21(2)12-6-13-22-14-7-15-23-16-8-3-4-10-18(16)24-19-11-5-9-17(22)20(19)23;5-3(6)1-2-4(7)8/h3-5,8-11H,6-7,12-15H2,1-2H3;1-2H,(H,5,6)(H,7,8)/b;2-1+. The average molecular weight is 456 g/mol. The first kappa shape index (κ1) is 23.7. The van der Waals surface area contributed by atoms with Crippen LogP contribution in [0.25, 0.3) is 0 Å². The van der Waals surface area contributed by atoms with Gasteiger partial charge in [-0.25, -0.2) is 9.59 Å². The van der Waals surface area contributed by atoms with E-state index in [1.807, 2.05) is 11.8 Å². The van der Waals surface area contributed by atoms with Crippen LogP contribution >= 0.6 is 11.8 Å². The maximum Gasteiger partial charge on any atom is 0.328 e. The number of nitrogens with zero attached hydrogens (tertiary/aromatic N) is 3. The van der Waals surface area contributed by atoms with Gasteiger partial charge in [-0.2, -0.15) is 0 Å². The van der Waals surface area contributed by atoms with Gasteiger partial charge in [-0.3, -0.25) is 0 Å². The number of anilines is 3. The Kier molecular flexibility index (Phi) is 8.19. The molecule has 2 aromatic carbocycles. The van der Waals surface area contributed by atoms with Crippen LogP contribution in [0.15, 0.2) is 64.4 Å². The number of carboxylic acids is 2. The fourth-order valence-electron chi connectivity index (χ4n) is 3.85. The summed E-state index contributed by atoms with van der Waals surface area (Å²) in [5.74, 6) is -2.51. The molecule has 2 N–H and O–H groups in total. The molecule has 0 saturated carbocycles. The van der Waals surface area contributed by atoms with Gasteiger partial charge in [-0.15, -0.1) is 0 Å². The Labute approximate surface area is 192 Å². The van der Waals surface area contributed by atoms with Crippen molar-refractivity contribution in [1.82, 2.24) is 4.90 Å². The third-order valence-corrected chi connectivity index (χ3v) is 6.29. The number of aliphatic carboxylic acids is 2. The zero-order chi connectivity index (χ0) is 23.1. The van der Waals surface area contributed by atoms with Crippen LogP contribution in [-0.2, 0) is 9.59 Å². The minimum absolute atomic E-state index is 0.558. The lowest BCUT2D eigenvalue weighted by atomic mass is 10.2. The molecule has 0 aromatic heterocycles. The van der Waals surface area contributed by atoms with Crippen LogP contribution in [0.1, 0.15) is 12.8 Å². The van der Waals surface area contributed by atoms with E-state index in [9.17, 15) is 9.59 Å². The van der Waals surface area contributed by atoms with Gasteiger partial charge >= 0.3 is 11.9 Å². The molecular formula is C24H29N3O4S. The van der Waals surface area contributed by atoms with Gasteiger partial charge in [0, 0.05) is 41.6 Å². The van der Waals surface area contributed by atoms with Crippen molar-refractivity contribution in [1.29, 1.82) is 0 Å². The van der Waals surface area contributed by atoms with E-state index in [1.54, 1.807) is 0 Å². The zero-order valence-electron chi connectivity index (χ0n) is 18.4. The molecule has 0 fully saturated rings. The second-order valence-corrected chi connectivity index (χ2v) is 8.94. The number of fused-ring (bicyclic) bond motifs is 2. The van der Waals surface area contributed by atoms with Crippen molar-refractivity contribution >= 4 is 40.8 Å². The van der Waals surface area contributed by atoms with Gasteiger partial charge in [-0.05, 0) is 57.7 Å². The smallest absolute Gasteiger partial charge is 0.328 e. The van der Waals surface area contributed by atoms with Crippen LogP contribution in [0.4, 0.5) is 17.1 Å². The molecule has 32 heavy (non-hydrogen) atoms. The summed E-state index contributed by atoms with van der Waals surface area (Å²) in [6.07, 6.45) is 3.53. The molecule has 0 atom stereocenters. The number of hydrogen-bond donors (Lipinski definition) is 2. The van der Waals surface area contributed by atoms with Gasteiger partial charge in [0.25, 0.3) is 0 Å². The van der Waals surface area contributed by atoms with E-state index in [4.69, 9.17) is 10.2 Å². The number of carboxylic acid groups (broad SMARTS) is 2. The molecule has 0 radical (unpaired) electrons. The van der Waals surface area contributed by atoms with Crippen LogP contribution in [-0.4, -0.2) is 67.3 Å². The van der Waals surface area contributed by atoms with Crippen molar-refractivity contribution in [2.75, 3.05) is 50.1 Å². The normalized spacial score (nSPS) is 14.3. The highest BCUT2D eigenvalue weighted by atomic mass is 32.2. The Hall–Kier alpha value is -2.97. The topological polar surface area (TPSA) is 84.3 Å². The second kappa shape index (κ2) is 11.1. The monoisotopic (exact) mass is 455 g/mol. The zero-order valence-corrected chi connectivity index (χ0v) is 19.2. The third kappa shape index (κ3) is 6.05. The van der Waals surface area contributed by atoms with Crippen LogP contribution in [0.2, 0.25) is 0 Å². The molecule has 2 heterocycles. The van der Waals surface area contributed by atoms with Gasteiger partial charge in [-0.1, -0.05) is 30.0 Å². The fraction of sp³-hybridized carbons (Fsp3) is 0.333. The van der Waals surface area contributed by atoms with E-state index < -0.39 is 11.9 Å². The quantitative estimate of drug-likeness (QED) is 0.628. The summed E-state index contributed by atoms with van der Waals surface area (Å²) in [4.78, 5) is 29.3. The Morgan fingerprint density at radius 1 is 0.969 bits per heavy atom. The highest BCUT2D eigenvalue weighted by molar-refractivity contribution is 7.99. The van der Waals surface area contributed by atoms with Crippen LogP contribution in [0, 0.1) is 0 Å².